The van der Waals surface area contributed by atoms with E-state index in [0.29, 0.717) is 23.0 Å². The highest BCUT2D eigenvalue weighted by Gasteiger charge is 2.17. The molecule has 0 spiro atoms. The number of furan rings is 1. The summed E-state index contributed by atoms with van der Waals surface area (Å²) in [6.45, 7) is -0.259. The Labute approximate surface area is 149 Å². The molecule has 1 aromatic carbocycles. The molecule has 2 aromatic rings. The van der Waals surface area contributed by atoms with E-state index in [9.17, 15) is 9.59 Å². The summed E-state index contributed by atoms with van der Waals surface area (Å²) in [5.41, 5.74) is 2.53. The third-order valence-corrected chi connectivity index (χ3v) is 3.26. The second kappa shape index (κ2) is 9.11. The van der Waals surface area contributed by atoms with E-state index in [4.69, 9.17) is 18.6 Å². The number of ether oxygens (including phenoxy) is 3. The number of hydrogen-bond acceptors (Lipinski definition) is 7. The normalized spacial score (nSPS) is 10.4. The first kappa shape index (κ1) is 18.8. The number of nitrogens with zero attached hydrogens (tertiary/aromatic N) is 1. The lowest BCUT2D eigenvalue weighted by atomic mass is 10.1. The molecular weight excluding hydrogens is 342 g/mol. The number of rotatable bonds is 8. The summed E-state index contributed by atoms with van der Waals surface area (Å²) in [5.74, 6) is 0.570. The molecule has 0 unspecified atom stereocenters. The molecule has 0 aliphatic carbocycles. The van der Waals surface area contributed by atoms with Crippen LogP contribution < -0.4 is 25.0 Å². The fourth-order valence-corrected chi connectivity index (χ4v) is 2.05. The largest absolute Gasteiger partial charge is 0.493 e. The highest BCUT2D eigenvalue weighted by molar-refractivity contribution is 5.97. The van der Waals surface area contributed by atoms with Crippen LogP contribution in [-0.2, 0) is 4.79 Å². The van der Waals surface area contributed by atoms with E-state index in [1.165, 1.54) is 45.9 Å². The molecule has 2 amide bonds. The fourth-order valence-electron chi connectivity index (χ4n) is 2.05. The molecule has 1 heterocycles. The van der Waals surface area contributed by atoms with Gasteiger partial charge in [-0.1, -0.05) is 0 Å². The van der Waals surface area contributed by atoms with Gasteiger partial charge in [0, 0.05) is 5.56 Å². The van der Waals surface area contributed by atoms with Crippen LogP contribution in [0.4, 0.5) is 0 Å². The number of amides is 2. The van der Waals surface area contributed by atoms with Gasteiger partial charge >= 0.3 is 0 Å². The standard InChI is InChI=1S/C17H19N3O6/c1-23-13-7-11(8-14(24-2)16(13)25-3)17(22)18-10-15(21)20-19-9-12-5-4-6-26-12/h4-9H,10H2,1-3H3,(H,18,22)(H,20,21)/b19-9+. The van der Waals surface area contributed by atoms with E-state index in [2.05, 4.69) is 15.8 Å². The van der Waals surface area contributed by atoms with Gasteiger partial charge in [0.15, 0.2) is 11.5 Å². The van der Waals surface area contributed by atoms with Gasteiger partial charge in [0.2, 0.25) is 5.75 Å². The molecular formula is C17H19N3O6. The minimum atomic E-state index is -0.492. The van der Waals surface area contributed by atoms with Crippen LogP contribution >= 0.6 is 0 Å². The van der Waals surface area contributed by atoms with Crippen molar-refractivity contribution < 1.29 is 28.2 Å². The zero-order chi connectivity index (χ0) is 18.9. The molecule has 2 rings (SSSR count). The Hall–Kier alpha value is -3.49. The van der Waals surface area contributed by atoms with E-state index in [1.807, 2.05) is 0 Å². The molecule has 26 heavy (non-hydrogen) atoms. The monoisotopic (exact) mass is 361 g/mol. The SMILES string of the molecule is COc1cc(C(=O)NCC(=O)N/N=C/c2ccco2)cc(OC)c1OC. The molecule has 0 saturated heterocycles. The fraction of sp³-hybridized carbons (Fsp3) is 0.235. The van der Waals surface area contributed by atoms with Crippen molar-refractivity contribution in [3.63, 3.8) is 0 Å². The van der Waals surface area contributed by atoms with E-state index in [-0.39, 0.29) is 12.1 Å². The first-order valence-corrected chi connectivity index (χ1v) is 7.52. The lowest BCUT2D eigenvalue weighted by Crippen LogP contribution is -2.34. The van der Waals surface area contributed by atoms with Crippen molar-refractivity contribution >= 4 is 18.0 Å². The van der Waals surface area contributed by atoms with E-state index in [1.54, 1.807) is 12.1 Å². The van der Waals surface area contributed by atoms with E-state index in [0.717, 1.165) is 0 Å². The van der Waals surface area contributed by atoms with Crippen LogP contribution in [0.25, 0.3) is 0 Å². The molecule has 138 valence electrons. The second-order valence-corrected chi connectivity index (χ2v) is 4.91. The van der Waals surface area contributed by atoms with Gasteiger partial charge in [0.1, 0.15) is 5.76 Å². The average Bonchev–Trinajstić information content (AvgIpc) is 3.18. The Morgan fingerprint density at radius 1 is 1.15 bits per heavy atom. The number of benzene rings is 1. The molecule has 9 heteroatoms. The third kappa shape index (κ3) is 4.76. The maximum absolute atomic E-state index is 12.2. The van der Waals surface area contributed by atoms with E-state index >= 15 is 0 Å². The first-order chi connectivity index (χ1) is 12.6. The van der Waals surface area contributed by atoms with Crippen molar-refractivity contribution in [3.05, 3.63) is 41.9 Å². The Morgan fingerprint density at radius 2 is 1.85 bits per heavy atom. The number of carbonyl (C=O) groups is 2. The molecule has 1 aromatic heterocycles. The molecule has 0 aliphatic rings. The summed E-state index contributed by atoms with van der Waals surface area (Å²) in [4.78, 5) is 24.0. The minimum absolute atomic E-state index is 0.256. The van der Waals surface area contributed by atoms with Gasteiger partial charge in [-0.2, -0.15) is 5.10 Å². The smallest absolute Gasteiger partial charge is 0.259 e. The number of nitrogens with one attached hydrogen (secondary N) is 2. The van der Waals surface area contributed by atoms with Crippen molar-refractivity contribution in [2.45, 2.75) is 0 Å². The number of hydrogen-bond donors (Lipinski definition) is 2. The van der Waals surface area contributed by atoms with Crippen molar-refractivity contribution in [2.24, 2.45) is 5.10 Å². The number of methoxy groups -OCH3 is 3. The summed E-state index contributed by atoms with van der Waals surface area (Å²) < 4.78 is 20.6. The Kier molecular flexibility index (Phi) is 6.60. The maximum Gasteiger partial charge on any atom is 0.259 e. The molecule has 0 fully saturated rings. The molecule has 0 aliphatic heterocycles. The van der Waals surface area contributed by atoms with Gasteiger partial charge in [0.25, 0.3) is 11.8 Å². The quantitative estimate of drug-likeness (QED) is 0.540. The van der Waals surface area contributed by atoms with Crippen LogP contribution in [0.2, 0.25) is 0 Å². The van der Waals surface area contributed by atoms with Crippen molar-refractivity contribution in [1.29, 1.82) is 0 Å². The highest BCUT2D eigenvalue weighted by atomic mass is 16.5. The molecule has 0 atom stereocenters. The molecule has 0 radical (unpaired) electrons. The molecule has 0 bridgehead atoms. The predicted molar refractivity (Wildman–Crippen MR) is 92.9 cm³/mol. The van der Waals surface area contributed by atoms with Crippen LogP contribution in [0.15, 0.2) is 40.0 Å². The highest BCUT2D eigenvalue weighted by Crippen LogP contribution is 2.38. The summed E-state index contributed by atoms with van der Waals surface area (Å²) in [6, 6.07) is 6.36. The summed E-state index contributed by atoms with van der Waals surface area (Å²) in [6.07, 6.45) is 2.83. The van der Waals surface area contributed by atoms with Gasteiger partial charge in [-0.3, -0.25) is 9.59 Å². The van der Waals surface area contributed by atoms with Crippen LogP contribution in [-0.4, -0.2) is 45.9 Å². The van der Waals surface area contributed by atoms with Gasteiger partial charge < -0.3 is 23.9 Å². The lowest BCUT2D eigenvalue weighted by molar-refractivity contribution is -0.120. The zero-order valence-electron chi connectivity index (χ0n) is 14.6. The molecule has 9 nitrogen and oxygen atoms in total. The topological polar surface area (TPSA) is 111 Å². The predicted octanol–water partition coefficient (Wildman–Crippen LogP) is 1.19. The van der Waals surface area contributed by atoms with Gasteiger partial charge in [0.05, 0.1) is 40.4 Å². The first-order valence-electron chi connectivity index (χ1n) is 7.52. The lowest BCUT2D eigenvalue weighted by Gasteiger charge is -2.13. The van der Waals surface area contributed by atoms with Crippen molar-refractivity contribution in [1.82, 2.24) is 10.7 Å². The number of hydrazone groups is 1. The van der Waals surface area contributed by atoms with Gasteiger partial charge in [-0.25, -0.2) is 5.43 Å². The van der Waals surface area contributed by atoms with Crippen LogP contribution in [0.1, 0.15) is 16.1 Å². The van der Waals surface area contributed by atoms with Gasteiger partial charge in [-0.05, 0) is 24.3 Å². The maximum atomic E-state index is 12.2. The Balaban J connectivity index is 1.95. The minimum Gasteiger partial charge on any atom is -0.493 e. The molecule has 2 N–H and O–H groups in total. The van der Waals surface area contributed by atoms with E-state index < -0.39 is 11.8 Å². The van der Waals surface area contributed by atoms with Crippen molar-refractivity contribution in [2.75, 3.05) is 27.9 Å². The van der Waals surface area contributed by atoms with Crippen LogP contribution in [0, 0.1) is 0 Å². The Morgan fingerprint density at radius 3 is 2.38 bits per heavy atom. The third-order valence-electron chi connectivity index (χ3n) is 3.26. The average molecular weight is 361 g/mol. The van der Waals surface area contributed by atoms with Crippen LogP contribution in [0.5, 0.6) is 17.2 Å². The Bertz CT molecular complexity index is 761. The van der Waals surface area contributed by atoms with Gasteiger partial charge in [-0.15, -0.1) is 0 Å². The number of carbonyl (C=O) groups excluding carboxylic acids is 2. The van der Waals surface area contributed by atoms with Crippen molar-refractivity contribution in [3.8, 4) is 17.2 Å². The zero-order valence-corrected chi connectivity index (χ0v) is 14.6. The summed E-state index contributed by atoms with van der Waals surface area (Å²) in [7, 11) is 4.36. The summed E-state index contributed by atoms with van der Waals surface area (Å²) >= 11 is 0. The second-order valence-electron chi connectivity index (χ2n) is 4.91. The summed E-state index contributed by atoms with van der Waals surface area (Å²) in [5, 5.41) is 6.20. The molecule has 0 saturated carbocycles. The van der Waals surface area contributed by atoms with Crippen LogP contribution in [0.3, 0.4) is 0 Å².